The van der Waals surface area contributed by atoms with Crippen molar-refractivity contribution < 1.29 is 13.2 Å². The van der Waals surface area contributed by atoms with Crippen LogP contribution >= 0.6 is 11.6 Å². The fourth-order valence-corrected chi connectivity index (χ4v) is 5.24. The Morgan fingerprint density at radius 2 is 1.68 bits per heavy atom. The second-order valence-electron chi connectivity index (χ2n) is 7.22. The minimum Gasteiger partial charge on any atom is -0.341 e. The summed E-state index contributed by atoms with van der Waals surface area (Å²) in [6.07, 6.45) is 4.11. The number of carbonyl (C=O) groups is 1. The van der Waals surface area contributed by atoms with Gasteiger partial charge in [-0.25, -0.2) is 8.42 Å². The summed E-state index contributed by atoms with van der Waals surface area (Å²) >= 11 is 6.30. The largest absolute Gasteiger partial charge is 0.341 e. The molecular formula is C21H25ClN2O3S. The zero-order chi connectivity index (χ0) is 20.3. The number of amides is 1. The van der Waals surface area contributed by atoms with Crippen molar-refractivity contribution in [2.24, 2.45) is 0 Å². The van der Waals surface area contributed by atoms with Crippen molar-refractivity contribution in [3.05, 3.63) is 59.1 Å². The summed E-state index contributed by atoms with van der Waals surface area (Å²) < 4.78 is 27.9. The first-order chi connectivity index (χ1) is 13.3. The molecule has 150 valence electrons. The summed E-state index contributed by atoms with van der Waals surface area (Å²) in [6, 6.07) is 13.5. The maximum Gasteiger partial charge on any atom is 0.264 e. The van der Waals surface area contributed by atoms with Crippen LogP contribution in [0.1, 0.15) is 31.2 Å². The Morgan fingerprint density at radius 3 is 2.29 bits per heavy atom. The molecular weight excluding hydrogens is 396 g/mol. The minimum atomic E-state index is -3.94. The topological polar surface area (TPSA) is 57.7 Å². The number of rotatable bonds is 6. The van der Waals surface area contributed by atoms with E-state index in [4.69, 9.17) is 11.6 Å². The monoisotopic (exact) mass is 420 g/mol. The maximum atomic E-state index is 13.4. The van der Waals surface area contributed by atoms with Crippen LogP contribution in [-0.2, 0) is 14.8 Å². The molecule has 0 heterocycles. The summed E-state index contributed by atoms with van der Waals surface area (Å²) in [5.41, 5.74) is 1.26. The van der Waals surface area contributed by atoms with Gasteiger partial charge in [0.15, 0.2) is 0 Å². The summed E-state index contributed by atoms with van der Waals surface area (Å²) in [5, 5.41) is 0.287. The first kappa shape index (κ1) is 20.7. The molecule has 0 unspecified atom stereocenters. The number of anilines is 1. The van der Waals surface area contributed by atoms with Gasteiger partial charge >= 0.3 is 0 Å². The van der Waals surface area contributed by atoms with E-state index in [9.17, 15) is 13.2 Å². The molecule has 1 saturated carbocycles. The third-order valence-corrected chi connectivity index (χ3v) is 7.37. The van der Waals surface area contributed by atoms with E-state index in [1.165, 1.54) is 0 Å². The second-order valence-corrected chi connectivity index (χ2v) is 9.49. The Labute approximate surface area is 172 Å². The fraction of sp³-hybridized carbons (Fsp3) is 0.381. The minimum absolute atomic E-state index is 0.134. The number of hydrogen-bond acceptors (Lipinski definition) is 3. The summed E-state index contributed by atoms with van der Waals surface area (Å²) in [7, 11) is -2.19. The SMILES string of the molecule is Cc1ccc(S(=O)(=O)N(CC(=O)N(C)C2CCCC2)c2ccccc2Cl)cc1. The molecule has 1 aliphatic rings. The zero-order valence-electron chi connectivity index (χ0n) is 16.1. The summed E-state index contributed by atoms with van der Waals surface area (Å²) in [4.78, 5) is 14.7. The van der Waals surface area contributed by atoms with Gasteiger partial charge in [-0.3, -0.25) is 9.10 Å². The standard InChI is InChI=1S/C21H25ClN2O3S/c1-16-11-13-18(14-12-16)28(26,27)24(20-10-6-5-9-19(20)22)15-21(25)23(2)17-7-3-4-8-17/h5-6,9-14,17H,3-4,7-8,15H2,1-2H3. The van der Waals surface area contributed by atoms with Gasteiger partial charge in [-0.2, -0.15) is 0 Å². The molecule has 0 N–H and O–H groups in total. The van der Waals surface area contributed by atoms with Crippen LogP contribution in [0.2, 0.25) is 5.02 Å². The first-order valence-corrected chi connectivity index (χ1v) is 11.2. The number of likely N-dealkylation sites (N-methyl/N-ethyl adjacent to an activating group) is 1. The molecule has 1 amide bonds. The van der Waals surface area contributed by atoms with Gasteiger partial charge in [0.25, 0.3) is 10.0 Å². The molecule has 0 saturated heterocycles. The fourth-order valence-electron chi connectivity index (χ4n) is 3.52. The number of carbonyl (C=O) groups excluding carboxylic acids is 1. The van der Waals surface area contributed by atoms with Gasteiger partial charge in [-0.1, -0.05) is 54.3 Å². The van der Waals surface area contributed by atoms with Gasteiger partial charge < -0.3 is 4.90 Å². The predicted octanol–water partition coefficient (Wildman–Crippen LogP) is 4.24. The lowest BCUT2D eigenvalue weighted by Crippen LogP contribution is -2.44. The zero-order valence-corrected chi connectivity index (χ0v) is 17.7. The average Bonchev–Trinajstić information content (AvgIpc) is 3.21. The molecule has 0 radical (unpaired) electrons. The van der Waals surface area contributed by atoms with Gasteiger partial charge in [0.05, 0.1) is 15.6 Å². The Bertz CT molecular complexity index is 938. The average molecular weight is 421 g/mol. The third kappa shape index (κ3) is 4.33. The van der Waals surface area contributed by atoms with E-state index in [-0.39, 0.29) is 28.4 Å². The van der Waals surface area contributed by atoms with Gasteiger partial charge in [0.2, 0.25) is 5.91 Å². The highest BCUT2D eigenvalue weighted by Crippen LogP contribution is 2.31. The van der Waals surface area contributed by atoms with Crippen LogP contribution in [0.25, 0.3) is 0 Å². The van der Waals surface area contributed by atoms with E-state index in [0.29, 0.717) is 5.69 Å². The van der Waals surface area contributed by atoms with E-state index in [0.717, 1.165) is 35.6 Å². The molecule has 2 aromatic rings. The highest BCUT2D eigenvalue weighted by molar-refractivity contribution is 7.92. The lowest BCUT2D eigenvalue weighted by atomic mass is 10.2. The van der Waals surface area contributed by atoms with Gasteiger partial charge in [-0.05, 0) is 44.0 Å². The van der Waals surface area contributed by atoms with E-state index >= 15 is 0 Å². The van der Waals surface area contributed by atoms with Crippen molar-refractivity contribution in [2.75, 3.05) is 17.9 Å². The van der Waals surface area contributed by atoms with Gasteiger partial charge in [0, 0.05) is 13.1 Å². The molecule has 5 nitrogen and oxygen atoms in total. The molecule has 0 atom stereocenters. The summed E-state index contributed by atoms with van der Waals surface area (Å²) in [5.74, 6) is -0.234. The number of nitrogens with zero attached hydrogens (tertiary/aromatic N) is 2. The molecule has 7 heteroatoms. The van der Waals surface area contributed by atoms with E-state index in [1.807, 2.05) is 6.92 Å². The lowest BCUT2D eigenvalue weighted by Gasteiger charge is -2.30. The Morgan fingerprint density at radius 1 is 1.07 bits per heavy atom. The number of benzene rings is 2. The van der Waals surface area contributed by atoms with Crippen LogP contribution in [0.4, 0.5) is 5.69 Å². The van der Waals surface area contributed by atoms with Crippen LogP contribution in [0.15, 0.2) is 53.4 Å². The van der Waals surface area contributed by atoms with Crippen molar-refractivity contribution in [1.82, 2.24) is 4.90 Å². The van der Waals surface area contributed by atoms with E-state index < -0.39 is 10.0 Å². The molecule has 1 fully saturated rings. The van der Waals surface area contributed by atoms with Crippen molar-refractivity contribution in [3.63, 3.8) is 0 Å². The highest BCUT2D eigenvalue weighted by atomic mass is 35.5. The number of hydrogen-bond donors (Lipinski definition) is 0. The number of aryl methyl sites for hydroxylation is 1. The van der Waals surface area contributed by atoms with Gasteiger partial charge in [-0.15, -0.1) is 0 Å². The van der Waals surface area contributed by atoms with E-state index in [2.05, 4.69) is 0 Å². The molecule has 3 rings (SSSR count). The van der Waals surface area contributed by atoms with Crippen LogP contribution < -0.4 is 4.31 Å². The Balaban J connectivity index is 1.97. The quantitative estimate of drug-likeness (QED) is 0.702. The Kier molecular flexibility index (Phi) is 6.30. The van der Waals surface area contributed by atoms with Crippen molar-refractivity contribution >= 4 is 33.2 Å². The van der Waals surface area contributed by atoms with Crippen molar-refractivity contribution in [1.29, 1.82) is 0 Å². The summed E-state index contributed by atoms with van der Waals surface area (Å²) in [6.45, 7) is 1.61. The van der Waals surface area contributed by atoms with E-state index in [1.54, 1.807) is 60.5 Å². The molecule has 0 bridgehead atoms. The molecule has 0 spiro atoms. The maximum absolute atomic E-state index is 13.4. The van der Waals surface area contributed by atoms with Crippen LogP contribution in [0.5, 0.6) is 0 Å². The van der Waals surface area contributed by atoms with Crippen LogP contribution in [-0.4, -0.2) is 38.9 Å². The second kappa shape index (κ2) is 8.53. The lowest BCUT2D eigenvalue weighted by molar-refractivity contribution is -0.130. The number of sulfonamides is 1. The molecule has 2 aromatic carbocycles. The molecule has 0 aromatic heterocycles. The van der Waals surface area contributed by atoms with Crippen molar-refractivity contribution in [2.45, 2.75) is 43.5 Å². The molecule has 0 aliphatic heterocycles. The third-order valence-electron chi connectivity index (χ3n) is 5.27. The van der Waals surface area contributed by atoms with Gasteiger partial charge in [0.1, 0.15) is 6.54 Å². The first-order valence-electron chi connectivity index (χ1n) is 9.40. The predicted molar refractivity (Wildman–Crippen MR) is 112 cm³/mol. The number of para-hydroxylation sites is 1. The van der Waals surface area contributed by atoms with Crippen LogP contribution in [0.3, 0.4) is 0 Å². The number of halogens is 1. The molecule has 1 aliphatic carbocycles. The normalized spacial score (nSPS) is 14.8. The van der Waals surface area contributed by atoms with Crippen molar-refractivity contribution in [3.8, 4) is 0 Å². The highest BCUT2D eigenvalue weighted by Gasteiger charge is 2.31. The smallest absolute Gasteiger partial charge is 0.264 e. The Hall–Kier alpha value is -2.05. The van der Waals surface area contributed by atoms with Crippen LogP contribution in [0, 0.1) is 6.92 Å². The molecule has 28 heavy (non-hydrogen) atoms.